The number of imidazole rings is 1. The van der Waals surface area contributed by atoms with Crippen LogP contribution in [-0.4, -0.2) is 33.2 Å². The molecule has 0 radical (unpaired) electrons. The highest BCUT2D eigenvalue weighted by molar-refractivity contribution is 5.92. The van der Waals surface area contributed by atoms with Gasteiger partial charge in [0.25, 0.3) is 0 Å². The molecule has 2 heterocycles. The summed E-state index contributed by atoms with van der Waals surface area (Å²) in [6.07, 6.45) is -1.87. The summed E-state index contributed by atoms with van der Waals surface area (Å²) in [6, 6.07) is 9.98. The summed E-state index contributed by atoms with van der Waals surface area (Å²) >= 11 is 0. The molecule has 2 atom stereocenters. The van der Waals surface area contributed by atoms with E-state index in [0.29, 0.717) is 28.2 Å². The number of β-amino-alcohol motifs (C(OH)–C–C–N with tert-alkyl or cyclic N) is 1. The van der Waals surface area contributed by atoms with Crippen LogP contribution in [0.3, 0.4) is 0 Å². The second kappa shape index (κ2) is 7.42. The molecule has 6 nitrogen and oxygen atoms in total. The number of rotatable bonds is 4. The minimum Gasteiger partial charge on any atom is -0.390 e. The smallest absolute Gasteiger partial charge is 0.390 e. The van der Waals surface area contributed by atoms with E-state index >= 15 is 0 Å². The highest BCUT2D eigenvalue weighted by atomic mass is 19.4. The van der Waals surface area contributed by atoms with Gasteiger partial charge in [-0.15, -0.1) is 0 Å². The first-order valence-electron chi connectivity index (χ1n) is 9.62. The highest BCUT2D eigenvalue weighted by Crippen LogP contribution is 2.38. The van der Waals surface area contributed by atoms with Crippen LogP contribution in [0.5, 0.6) is 0 Å². The monoisotopic (exact) mass is 430 g/mol. The Labute approximate surface area is 176 Å². The van der Waals surface area contributed by atoms with Gasteiger partial charge >= 0.3 is 6.18 Å². The number of aliphatic hydroxyl groups excluding tert-OH is 1. The van der Waals surface area contributed by atoms with Crippen molar-refractivity contribution in [2.45, 2.75) is 24.6 Å². The second-order valence-corrected chi connectivity index (χ2v) is 7.81. The van der Waals surface area contributed by atoms with Crippen LogP contribution in [0.4, 0.5) is 24.5 Å². The first kappa shape index (κ1) is 20.9. The quantitative estimate of drug-likeness (QED) is 0.591. The average Bonchev–Trinajstić information content (AvgIpc) is 3.27. The third-order valence-corrected chi connectivity index (χ3v) is 5.69. The number of hydrogen-bond acceptors (Lipinski definition) is 4. The number of aliphatic hydroxyl groups is 1. The summed E-state index contributed by atoms with van der Waals surface area (Å²) in [5.41, 5.74) is 1.14. The number of alkyl halides is 3. The molecule has 1 saturated heterocycles. The van der Waals surface area contributed by atoms with Crippen molar-refractivity contribution in [2.75, 3.05) is 11.9 Å². The number of hydrogen-bond donors (Lipinski definition) is 3. The van der Waals surface area contributed by atoms with Gasteiger partial charge in [0, 0.05) is 36.7 Å². The lowest BCUT2D eigenvalue weighted by molar-refractivity contribution is -0.137. The molecular weight excluding hydrogens is 409 g/mol. The predicted octanol–water partition coefficient (Wildman–Crippen LogP) is 3.60. The molecule has 4 rings (SSSR count). The first-order chi connectivity index (χ1) is 14.6. The molecule has 9 heteroatoms. The predicted molar refractivity (Wildman–Crippen MR) is 110 cm³/mol. The highest BCUT2D eigenvalue weighted by Gasteiger charge is 2.47. The zero-order valence-electron chi connectivity index (χ0n) is 16.9. The molecule has 0 bridgehead atoms. The zero-order chi connectivity index (χ0) is 22.4. The fraction of sp³-hybridized carbons (Fsp3) is 0.273. The van der Waals surface area contributed by atoms with Crippen LogP contribution in [0, 0.1) is 0 Å². The zero-order valence-corrected chi connectivity index (χ0v) is 16.9. The summed E-state index contributed by atoms with van der Waals surface area (Å²) < 4.78 is 40.3. The van der Waals surface area contributed by atoms with Crippen molar-refractivity contribution < 1.29 is 23.1 Å². The number of carbonyl (C=O) groups excluding carboxylic acids is 1. The van der Waals surface area contributed by atoms with Gasteiger partial charge in [-0.3, -0.25) is 4.79 Å². The van der Waals surface area contributed by atoms with Crippen LogP contribution in [0.1, 0.15) is 18.1 Å². The molecule has 0 aliphatic carbocycles. The molecular formula is C22H21F3N4O2. The lowest BCUT2D eigenvalue weighted by atomic mass is 9.78. The van der Waals surface area contributed by atoms with E-state index in [1.807, 2.05) is 7.05 Å². The van der Waals surface area contributed by atoms with Gasteiger partial charge in [-0.2, -0.15) is 13.2 Å². The van der Waals surface area contributed by atoms with Gasteiger partial charge in [-0.05, 0) is 48.9 Å². The lowest BCUT2D eigenvalue weighted by Gasteiger charge is -2.26. The third kappa shape index (κ3) is 3.76. The Morgan fingerprint density at radius 3 is 2.48 bits per heavy atom. The topological polar surface area (TPSA) is 79.2 Å². The standard InChI is InChI=1S/C22H21F3N4O2/c1-21(19(30)10-26-20(21)31)14-5-8-17(16(9-14)18-11-29(2)12-27-18)28-15-6-3-13(4-7-15)22(23,24)25/h3-9,11-12,19,28,30H,10H2,1-2H3,(H,26,31). The number of carbonyl (C=O) groups is 1. The number of aryl methyl sites for hydroxylation is 1. The van der Waals surface area contributed by atoms with E-state index in [0.717, 1.165) is 12.1 Å². The van der Waals surface area contributed by atoms with Crippen molar-refractivity contribution in [3.05, 3.63) is 66.1 Å². The molecule has 31 heavy (non-hydrogen) atoms. The number of amides is 1. The van der Waals surface area contributed by atoms with Gasteiger partial charge in [-0.1, -0.05) is 6.07 Å². The van der Waals surface area contributed by atoms with Crippen molar-refractivity contribution >= 4 is 17.3 Å². The normalized spacial score (nSPS) is 21.2. The van der Waals surface area contributed by atoms with Crippen LogP contribution in [0.15, 0.2) is 55.0 Å². The van der Waals surface area contributed by atoms with E-state index in [2.05, 4.69) is 15.6 Å². The maximum absolute atomic E-state index is 12.8. The Morgan fingerprint density at radius 2 is 1.94 bits per heavy atom. The molecule has 0 spiro atoms. The summed E-state index contributed by atoms with van der Waals surface area (Å²) in [4.78, 5) is 16.8. The van der Waals surface area contributed by atoms with E-state index < -0.39 is 23.3 Å². The number of aromatic nitrogens is 2. The van der Waals surface area contributed by atoms with Gasteiger partial charge in [-0.25, -0.2) is 4.98 Å². The first-order valence-corrected chi connectivity index (χ1v) is 9.62. The van der Waals surface area contributed by atoms with Crippen molar-refractivity contribution in [1.82, 2.24) is 14.9 Å². The summed E-state index contributed by atoms with van der Waals surface area (Å²) in [7, 11) is 1.82. The second-order valence-electron chi connectivity index (χ2n) is 7.81. The van der Waals surface area contributed by atoms with E-state index in [9.17, 15) is 23.1 Å². The average molecular weight is 430 g/mol. The Hall–Kier alpha value is -3.33. The van der Waals surface area contributed by atoms with Crippen LogP contribution in [0.2, 0.25) is 0 Å². The van der Waals surface area contributed by atoms with Gasteiger partial charge < -0.3 is 20.3 Å². The van der Waals surface area contributed by atoms with Gasteiger partial charge in [0.1, 0.15) is 0 Å². The van der Waals surface area contributed by atoms with Gasteiger partial charge in [0.05, 0.1) is 29.1 Å². The molecule has 1 amide bonds. The van der Waals surface area contributed by atoms with Crippen LogP contribution in [0.25, 0.3) is 11.3 Å². The molecule has 2 aromatic carbocycles. The molecule has 1 aliphatic heterocycles. The Kier molecular flexibility index (Phi) is 5.01. The minimum atomic E-state index is -4.41. The molecule has 3 N–H and O–H groups in total. The molecule has 2 unspecified atom stereocenters. The number of halogens is 3. The van der Waals surface area contributed by atoms with E-state index in [-0.39, 0.29) is 12.5 Å². The summed E-state index contributed by atoms with van der Waals surface area (Å²) in [5, 5.41) is 16.2. The van der Waals surface area contributed by atoms with Crippen LogP contribution < -0.4 is 10.6 Å². The van der Waals surface area contributed by atoms with Crippen molar-refractivity contribution in [2.24, 2.45) is 7.05 Å². The van der Waals surface area contributed by atoms with Gasteiger partial charge in [0.2, 0.25) is 5.91 Å². The Bertz CT molecular complexity index is 1120. The largest absolute Gasteiger partial charge is 0.416 e. The van der Waals surface area contributed by atoms with Crippen LogP contribution >= 0.6 is 0 Å². The van der Waals surface area contributed by atoms with E-state index in [1.54, 1.807) is 42.2 Å². The number of nitrogens with zero attached hydrogens (tertiary/aromatic N) is 2. The number of benzene rings is 2. The fourth-order valence-corrected chi connectivity index (χ4v) is 3.69. The third-order valence-electron chi connectivity index (χ3n) is 5.69. The van der Waals surface area contributed by atoms with E-state index in [1.165, 1.54) is 12.1 Å². The lowest BCUT2D eigenvalue weighted by Crippen LogP contribution is -2.39. The number of nitrogens with one attached hydrogen (secondary N) is 2. The Balaban J connectivity index is 1.75. The molecule has 162 valence electrons. The number of anilines is 2. The minimum absolute atomic E-state index is 0.166. The van der Waals surface area contributed by atoms with Crippen molar-refractivity contribution in [3.8, 4) is 11.3 Å². The Morgan fingerprint density at radius 1 is 1.23 bits per heavy atom. The maximum Gasteiger partial charge on any atom is 0.416 e. The summed E-state index contributed by atoms with van der Waals surface area (Å²) in [6.45, 7) is 1.85. The van der Waals surface area contributed by atoms with Crippen molar-refractivity contribution in [1.29, 1.82) is 0 Å². The van der Waals surface area contributed by atoms with Crippen molar-refractivity contribution in [3.63, 3.8) is 0 Å². The molecule has 0 saturated carbocycles. The fourth-order valence-electron chi connectivity index (χ4n) is 3.69. The van der Waals surface area contributed by atoms with Crippen LogP contribution in [-0.2, 0) is 23.4 Å². The molecule has 1 fully saturated rings. The van der Waals surface area contributed by atoms with Gasteiger partial charge in [0.15, 0.2) is 0 Å². The summed E-state index contributed by atoms with van der Waals surface area (Å²) in [5.74, 6) is -0.268. The van der Waals surface area contributed by atoms with E-state index in [4.69, 9.17) is 0 Å². The molecule has 3 aromatic rings. The SMILES string of the molecule is Cn1cnc(-c2cc(C3(C)C(=O)NCC3O)ccc2Nc2ccc(C(F)(F)F)cc2)c1. The molecule has 1 aromatic heterocycles. The maximum atomic E-state index is 12.8. The molecule has 1 aliphatic rings.